The molecule has 1 aliphatic rings. The van der Waals surface area contributed by atoms with E-state index in [1.165, 1.54) is 25.3 Å². The van der Waals surface area contributed by atoms with Crippen LogP contribution in [0.2, 0.25) is 0 Å². The van der Waals surface area contributed by atoms with Gasteiger partial charge >= 0.3 is 0 Å². The first-order valence-corrected chi connectivity index (χ1v) is 6.05. The van der Waals surface area contributed by atoms with Crippen molar-refractivity contribution in [3.8, 4) is 0 Å². The van der Waals surface area contributed by atoms with Crippen LogP contribution in [-0.2, 0) is 0 Å². The predicted octanol–water partition coefficient (Wildman–Crippen LogP) is 2.63. The van der Waals surface area contributed by atoms with Crippen LogP contribution in [0.15, 0.2) is 24.3 Å². The average Bonchev–Trinajstić information content (AvgIpc) is 2.56. The summed E-state index contributed by atoms with van der Waals surface area (Å²) in [7, 11) is 0. The van der Waals surface area contributed by atoms with E-state index in [-0.39, 0.29) is 5.82 Å². The molecule has 2 N–H and O–H groups in total. The van der Waals surface area contributed by atoms with Crippen LogP contribution in [0.3, 0.4) is 0 Å². The Morgan fingerprint density at radius 3 is 3.00 bits per heavy atom. The lowest BCUT2D eigenvalue weighted by molar-refractivity contribution is 0.495. The molecular weight excluding hydrogens is 203 g/mol. The molecule has 0 aliphatic carbocycles. The van der Waals surface area contributed by atoms with Crippen LogP contribution in [0.4, 0.5) is 10.1 Å². The molecule has 0 bridgehead atoms. The molecule has 2 rings (SSSR count). The highest BCUT2D eigenvalue weighted by atomic mass is 19.1. The van der Waals surface area contributed by atoms with Crippen molar-refractivity contribution in [1.29, 1.82) is 0 Å². The smallest absolute Gasteiger partial charge is 0.146 e. The minimum atomic E-state index is -0.158. The van der Waals surface area contributed by atoms with E-state index in [0.29, 0.717) is 11.6 Å². The van der Waals surface area contributed by atoms with E-state index in [1.54, 1.807) is 12.1 Å². The largest absolute Gasteiger partial charge is 0.382 e. The van der Waals surface area contributed by atoms with E-state index in [1.807, 2.05) is 6.07 Å². The highest BCUT2D eigenvalue weighted by Crippen LogP contribution is 2.17. The Kier molecular flexibility index (Phi) is 4.17. The van der Waals surface area contributed by atoms with Gasteiger partial charge in [0.05, 0.1) is 5.69 Å². The van der Waals surface area contributed by atoms with Crippen molar-refractivity contribution >= 4 is 5.69 Å². The number of para-hydroxylation sites is 1. The Morgan fingerprint density at radius 2 is 2.12 bits per heavy atom. The van der Waals surface area contributed by atoms with Gasteiger partial charge in [-0.15, -0.1) is 0 Å². The lowest BCUT2D eigenvalue weighted by Gasteiger charge is -2.15. The van der Waals surface area contributed by atoms with E-state index in [0.717, 1.165) is 19.6 Å². The summed E-state index contributed by atoms with van der Waals surface area (Å²) in [5, 5.41) is 6.59. The number of hydrogen-bond acceptors (Lipinski definition) is 2. The second-order valence-electron chi connectivity index (χ2n) is 4.41. The van der Waals surface area contributed by atoms with Crippen molar-refractivity contribution < 1.29 is 4.39 Å². The number of rotatable bonds is 3. The molecule has 2 nitrogen and oxygen atoms in total. The number of halogens is 1. The number of anilines is 1. The first-order chi connectivity index (χ1) is 7.86. The third kappa shape index (κ3) is 3.20. The van der Waals surface area contributed by atoms with E-state index in [4.69, 9.17) is 0 Å². The molecule has 1 aromatic rings. The summed E-state index contributed by atoms with van der Waals surface area (Å²) in [6.45, 7) is 3.09. The Morgan fingerprint density at radius 1 is 1.25 bits per heavy atom. The fourth-order valence-electron chi connectivity index (χ4n) is 2.15. The molecule has 1 saturated heterocycles. The molecule has 1 heterocycles. The van der Waals surface area contributed by atoms with Crippen LogP contribution < -0.4 is 10.6 Å². The highest BCUT2D eigenvalue weighted by Gasteiger charge is 2.11. The zero-order chi connectivity index (χ0) is 11.2. The monoisotopic (exact) mass is 222 g/mol. The van der Waals surface area contributed by atoms with E-state index < -0.39 is 0 Å². The molecule has 16 heavy (non-hydrogen) atoms. The maximum atomic E-state index is 13.3. The molecule has 88 valence electrons. The van der Waals surface area contributed by atoms with Gasteiger partial charge < -0.3 is 10.6 Å². The SMILES string of the molecule is Fc1ccccc1NCC1CCCNCC1. The standard InChI is InChI=1S/C13H19FN2/c14-12-5-1-2-6-13(12)16-10-11-4-3-8-15-9-7-11/h1-2,5-6,11,15-16H,3-4,7-10H2. The maximum Gasteiger partial charge on any atom is 0.146 e. The van der Waals surface area contributed by atoms with Crippen molar-refractivity contribution in [2.75, 3.05) is 25.0 Å². The van der Waals surface area contributed by atoms with Gasteiger partial charge in [0.1, 0.15) is 5.82 Å². The summed E-state index contributed by atoms with van der Waals surface area (Å²) in [6, 6.07) is 6.87. The third-order valence-corrected chi connectivity index (χ3v) is 3.15. The van der Waals surface area contributed by atoms with Gasteiger partial charge in [0.25, 0.3) is 0 Å². The van der Waals surface area contributed by atoms with Gasteiger partial charge in [0.15, 0.2) is 0 Å². The minimum Gasteiger partial charge on any atom is -0.382 e. The quantitative estimate of drug-likeness (QED) is 0.821. The number of benzene rings is 1. The van der Waals surface area contributed by atoms with Crippen molar-refractivity contribution in [1.82, 2.24) is 5.32 Å². The van der Waals surface area contributed by atoms with Crippen LogP contribution >= 0.6 is 0 Å². The Bertz CT molecular complexity index is 319. The van der Waals surface area contributed by atoms with Crippen molar-refractivity contribution in [3.63, 3.8) is 0 Å². The topological polar surface area (TPSA) is 24.1 Å². The van der Waals surface area contributed by atoms with Crippen molar-refractivity contribution in [3.05, 3.63) is 30.1 Å². The Balaban J connectivity index is 1.84. The summed E-state index contributed by atoms with van der Waals surface area (Å²) in [5.41, 5.74) is 0.625. The summed E-state index contributed by atoms with van der Waals surface area (Å²) in [6.07, 6.45) is 3.64. The summed E-state index contributed by atoms with van der Waals surface area (Å²) >= 11 is 0. The second kappa shape index (κ2) is 5.85. The minimum absolute atomic E-state index is 0.158. The lowest BCUT2D eigenvalue weighted by Crippen LogP contribution is -2.17. The predicted molar refractivity (Wildman–Crippen MR) is 65.1 cm³/mol. The molecule has 0 radical (unpaired) electrons. The fourth-order valence-corrected chi connectivity index (χ4v) is 2.15. The van der Waals surface area contributed by atoms with Crippen LogP contribution in [0.25, 0.3) is 0 Å². The molecule has 3 heteroatoms. The highest BCUT2D eigenvalue weighted by molar-refractivity contribution is 5.44. The number of nitrogens with one attached hydrogen (secondary N) is 2. The Labute approximate surface area is 96.2 Å². The molecule has 0 saturated carbocycles. The average molecular weight is 222 g/mol. The molecule has 1 fully saturated rings. The van der Waals surface area contributed by atoms with Gasteiger partial charge in [-0.05, 0) is 50.4 Å². The molecule has 1 atom stereocenters. The van der Waals surface area contributed by atoms with Gasteiger partial charge in [-0.1, -0.05) is 12.1 Å². The summed E-state index contributed by atoms with van der Waals surface area (Å²) < 4.78 is 13.3. The molecule has 0 aromatic heterocycles. The molecule has 0 amide bonds. The molecular formula is C13H19FN2. The maximum absolute atomic E-state index is 13.3. The molecule has 1 unspecified atom stereocenters. The van der Waals surface area contributed by atoms with E-state index in [2.05, 4.69) is 10.6 Å². The van der Waals surface area contributed by atoms with Gasteiger partial charge in [-0.2, -0.15) is 0 Å². The zero-order valence-corrected chi connectivity index (χ0v) is 9.51. The van der Waals surface area contributed by atoms with Crippen molar-refractivity contribution in [2.45, 2.75) is 19.3 Å². The normalized spacial score (nSPS) is 21.4. The lowest BCUT2D eigenvalue weighted by atomic mass is 10.0. The van der Waals surface area contributed by atoms with Crippen LogP contribution in [0.5, 0.6) is 0 Å². The van der Waals surface area contributed by atoms with Crippen LogP contribution in [-0.4, -0.2) is 19.6 Å². The van der Waals surface area contributed by atoms with E-state index >= 15 is 0 Å². The first-order valence-electron chi connectivity index (χ1n) is 6.05. The van der Waals surface area contributed by atoms with Gasteiger partial charge in [-0.25, -0.2) is 4.39 Å². The Hall–Kier alpha value is -1.09. The second-order valence-corrected chi connectivity index (χ2v) is 4.41. The first kappa shape index (κ1) is 11.4. The molecule has 1 aromatic carbocycles. The van der Waals surface area contributed by atoms with Gasteiger partial charge in [0, 0.05) is 6.54 Å². The number of hydrogen-bond donors (Lipinski definition) is 2. The zero-order valence-electron chi connectivity index (χ0n) is 9.51. The fraction of sp³-hybridized carbons (Fsp3) is 0.538. The van der Waals surface area contributed by atoms with Crippen LogP contribution in [0, 0.1) is 11.7 Å². The summed E-state index contributed by atoms with van der Waals surface area (Å²) in [5.74, 6) is 0.504. The van der Waals surface area contributed by atoms with E-state index in [9.17, 15) is 4.39 Å². The molecule has 1 aliphatic heterocycles. The van der Waals surface area contributed by atoms with Gasteiger partial charge in [0.2, 0.25) is 0 Å². The van der Waals surface area contributed by atoms with Gasteiger partial charge in [-0.3, -0.25) is 0 Å². The van der Waals surface area contributed by atoms with Crippen molar-refractivity contribution in [2.24, 2.45) is 5.92 Å². The third-order valence-electron chi connectivity index (χ3n) is 3.15. The van der Waals surface area contributed by atoms with Crippen LogP contribution in [0.1, 0.15) is 19.3 Å². The molecule has 0 spiro atoms. The summed E-state index contributed by atoms with van der Waals surface area (Å²) in [4.78, 5) is 0.